The first kappa shape index (κ1) is 38.7. The minimum absolute atomic E-state index is 0. The second-order valence-electron chi connectivity index (χ2n) is 13.0. The molecule has 6 heteroatoms. The summed E-state index contributed by atoms with van der Waals surface area (Å²) in [6.45, 7) is 6.31. The first-order valence-corrected chi connectivity index (χ1v) is 17.9. The fourth-order valence-electron chi connectivity index (χ4n) is 6.32. The standard InChI is InChI=1S/C38H62NO4.BrH/c1-3-4-5-6-7-8-9-10-11-12-13-14-15-16-21-29-38(2)42-32-28-35(43-38)33-41-37(40)27-18-17-22-30-39-31-23-25-34-24-19-20-26-36(34)39;/h19-20,23-26,31,35H,3-18,21-22,27-30,32-33H2,1-2H3;1H/q+1;/p-1. The van der Waals surface area contributed by atoms with E-state index in [-0.39, 0.29) is 29.1 Å². The molecule has 2 atom stereocenters. The van der Waals surface area contributed by atoms with Crippen LogP contribution in [0.25, 0.3) is 10.9 Å². The van der Waals surface area contributed by atoms with Gasteiger partial charge in [-0.15, -0.1) is 0 Å². The van der Waals surface area contributed by atoms with Gasteiger partial charge in [0.25, 0.3) is 0 Å². The number of hydrogen-bond acceptors (Lipinski definition) is 4. The van der Waals surface area contributed by atoms with Crippen LogP contribution in [0, 0.1) is 0 Å². The molecule has 0 N–H and O–H groups in total. The number of aryl methyl sites for hydroxylation is 1. The van der Waals surface area contributed by atoms with Gasteiger partial charge in [-0.05, 0) is 38.3 Å². The van der Waals surface area contributed by atoms with E-state index in [1.165, 1.54) is 101 Å². The topological polar surface area (TPSA) is 48.6 Å². The molecule has 0 aliphatic carbocycles. The maximum atomic E-state index is 12.4. The largest absolute Gasteiger partial charge is 1.00 e. The van der Waals surface area contributed by atoms with Crippen LogP contribution in [0.2, 0.25) is 0 Å². The Bertz CT molecular complexity index is 1010. The lowest BCUT2D eigenvalue weighted by atomic mass is 10.0. The number of unbranched alkanes of at least 4 members (excludes halogenated alkanes) is 16. The van der Waals surface area contributed by atoms with E-state index in [1.54, 1.807) is 0 Å². The van der Waals surface area contributed by atoms with Crippen LogP contribution >= 0.6 is 0 Å². The molecule has 2 heterocycles. The van der Waals surface area contributed by atoms with Gasteiger partial charge in [0.15, 0.2) is 12.0 Å². The van der Waals surface area contributed by atoms with Gasteiger partial charge in [-0.3, -0.25) is 4.79 Å². The molecular weight excluding hydrogens is 614 g/mol. The number of para-hydroxylation sites is 1. The van der Waals surface area contributed by atoms with E-state index in [4.69, 9.17) is 14.2 Å². The summed E-state index contributed by atoms with van der Waals surface area (Å²) in [5.41, 5.74) is 1.26. The Morgan fingerprint density at radius 2 is 1.41 bits per heavy atom. The van der Waals surface area contributed by atoms with Gasteiger partial charge in [0, 0.05) is 43.2 Å². The Balaban J connectivity index is 0.00000675. The molecule has 3 rings (SSSR count). The van der Waals surface area contributed by atoms with E-state index in [2.05, 4.69) is 61.0 Å². The number of esters is 1. The molecule has 2 aromatic rings. The molecule has 0 saturated carbocycles. The molecule has 2 unspecified atom stereocenters. The van der Waals surface area contributed by atoms with Gasteiger partial charge in [-0.25, -0.2) is 0 Å². The number of hydrogen-bond donors (Lipinski definition) is 0. The highest BCUT2D eigenvalue weighted by Crippen LogP contribution is 2.28. The SMILES string of the molecule is CCCCCCCCCCCCCCCCCC1(C)OCCC(COC(=O)CCCCC[n+]2cccc3ccccc32)O1.[Br-]. The average molecular weight is 677 g/mol. The van der Waals surface area contributed by atoms with Crippen molar-refractivity contribution in [1.82, 2.24) is 0 Å². The molecule has 0 bridgehead atoms. The summed E-state index contributed by atoms with van der Waals surface area (Å²) in [5.74, 6) is -0.664. The third kappa shape index (κ3) is 16.2. The maximum absolute atomic E-state index is 12.4. The van der Waals surface area contributed by atoms with Gasteiger partial charge >= 0.3 is 5.97 Å². The van der Waals surface area contributed by atoms with Gasteiger partial charge in [0.05, 0.1) is 12.7 Å². The summed E-state index contributed by atoms with van der Waals surface area (Å²) in [6.07, 6.45) is 27.7. The van der Waals surface area contributed by atoms with Crippen LogP contribution in [-0.4, -0.2) is 31.1 Å². The molecule has 1 fully saturated rings. The van der Waals surface area contributed by atoms with Gasteiger partial charge < -0.3 is 31.2 Å². The number of benzene rings is 1. The smallest absolute Gasteiger partial charge is 0.305 e. The summed E-state index contributed by atoms with van der Waals surface area (Å²) in [6, 6.07) is 12.7. The van der Waals surface area contributed by atoms with Gasteiger partial charge in [0.2, 0.25) is 5.52 Å². The Morgan fingerprint density at radius 3 is 2.09 bits per heavy atom. The van der Waals surface area contributed by atoms with Gasteiger partial charge in [-0.1, -0.05) is 109 Å². The van der Waals surface area contributed by atoms with Crippen molar-refractivity contribution in [3.8, 4) is 0 Å². The Labute approximate surface area is 279 Å². The van der Waals surface area contributed by atoms with Crippen LogP contribution < -0.4 is 21.5 Å². The maximum Gasteiger partial charge on any atom is 0.305 e. The summed E-state index contributed by atoms with van der Waals surface area (Å²) in [7, 11) is 0. The predicted molar refractivity (Wildman–Crippen MR) is 177 cm³/mol. The molecule has 1 aliphatic rings. The van der Waals surface area contributed by atoms with Gasteiger partial charge in [-0.2, -0.15) is 4.57 Å². The van der Waals surface area contributed by atoms with E-state index in [0.29, 0.717) is 19.6 Å². The lowest BCUT2D eigenvalue weighted by Gasteiger charge is -2.38. The van der Waals surface area contributed by atoms with Crippen molar-refractivity contribution in [2.24, 2.45) is 0 Å². The summed E-state index contributed by atoms with van der Waals surface area (Å²) in [4.78, 5) is 12.4. The number of pyridine rings is 1. The second-order valence-corrected chi connectivity index (χ2v) is 13.0. The highest BCUT2D eigenvalue weighted by Gasteiger charge is 2.34. The van der Waals surface area contributed by atoms with E-state index in [0.717, 1.165) is 45.1 Å². The number of ether oxygens (including phenoxy) is 3. The quantitative estimate of drug-likeness (QED) is 0.0682. The van der Waals surface area contributed by atoms with Crippen molar-refractivity contribution in [1.29, 1.82) is 0 Å². The minimum atomic E-state index is -0.550. The molecule has 1 aliphatic heterocycles. The molecule has 5 nitrogen and oxygen atoms in total. The van der Waals surface area contributed by atoms with Crippen LogP contribution in [0.4, 0.5) is 0 Å². The molecule has 1 aromatic heterocycles. The monoisotopic (exact) mass is 675 g/mol. The van der Waals surface area contributed by atoms with Crippen molar-refractivity contribution < 1.29 is 40.6 Å². The number of aromatic nitrogens is 1. The fraction of sp³-hybridized carbons (Fsp3) is 0.737. The fourth-order valence-corrected chi connectivity index (χ4v) is 6.32. The normalized spacial score (nSPS) is 18.3. The Hall–Kier alpha value is -1.50. The number of fused-ring (bicyclic) bond motifs is 1. The van der Waals surface area contributed by atoms with Crippen LogP contribution in [-0.2, 0) is 25.5 Å². The van der Waals surface area contributed by atoms with Crippen molar-refractivity contribution in [2.45, 2.75) is 167 Å². The third-order valence-electron chi connectivity index (χ3n) is 9.00. The minimum Gasteiger partial charge on any atom is -1.00 e. The lowest BCUT2D eigenvalue weighted by molar-refractivity contribution is -0.671. The predicted octanol–water partition coefficient (Wildman–Crippen LogP) is 7.02. The first-order valence-electron chi connectivity index (χ1n) is 17.9. The van der Waals surface area contributed by atoms with Crippen molar-refractivity contribution >= 4 is 16.9 Å². The molecule has 44 heavy (non-hydrogen) atoms. The highest BCUT2D eigenvalue weighted by atomic mass is 79.9. The van der Waals surface area contributed by atoms with Crippen LogP contribution in [0.5, 0.6) is 0 Å². The number of halogens is 1. The first-order chi connectivity index (χ1) is 21.1. The Kier molecular flexibility index (Phi) is 20.9. The number of rotatable bonds is 24. The molecular formula is C38H62BrNO4. The second kappa shape index (κ2) is 23.8. The average Bonchev–Trinajstić information content (AvgIpc) is 3.02. The molecule has 0 spiro atoms. The Morgan fingerprint density at radius 1 is 0.818 bits per heavy atom. The van der Waals surface area contributed by atoms with Crippen molar-refractivity contribution in [2.75, 3.05) is 13.2 Å². The summed E-state index contributed by atoms with van der Waals surface area (Å²) in [5, 5.41) is 1.26. The zero-order valence-electron chi connectivity index (χ0n) is 28.0. The van der Waals surface area contributed by atoms with Crippen molar-refractivity contribution in [3.63, 3.8) is 0 Å². The zero-order valence-corrected chi connectivity index (χ0v) is 29.6. The molecule has 1 saturated heterocycles. The third-order valence-corrected chi connectivity index (χ3v) is 9.00. The van der Waals surface area contributed by atoms with Crippen molar-refractivity contribution in [3.05, 3.63) is 42.6 Å². The van der Waals surface area contributed by atoms with E-state index in [1.807, 2.05) is 0 Å². The zero-order chi connectivity index (χ0) is 30.4. The number of carbonyl (C=O) groups excluding carboxylic acids is 1. The van der Waals surface area contributed by atoms with E-state index < -0.39 is 5.79 Å². The number of carbonyl (C=O) groups is 1. The summed E-state index contributed by atoms with van der Waals surface area (Å²) >= 11 is 0. The highest BCUT2D eigenvalue weighted by molar-refractivity contribution is 5.74. The number of nitrogens with zero attached hydrogens (tertiary/aromatic N) is 1. The molecule has 1 aromatic carbocycles. The molecule has 250 valence electrons. The van der Waals surface area contributed by atoms with E-state index >= 15 is 0 Å². The summed E-state index contributed by atoms with van der Waals surface area (Å²) < 4.78 is 20.2. The van der Waals surface area contributed by atoms with Crippen LogP contribution in [0.15, 0.2) is 42.6 Å². The van der Waals surface area contributed by atoms with Crippen LogP contribution in [0.1, 0.15) is 149 Å². The molecule has 0 amide bonds. The van der Waals surface area contributed by atoms with Crippen LogP contribution in [0.3, 0.4) is 0 Å². The van der Waals surface area contributed by atoms with Gasteiger partial charge in [0.1, 0.15) is 13.2 Å². The molecule has 0 radical (unpaired) electrons. The lowest BCUT2D eigenvalue weighted by Crippen LogP contribution is -3.00. The van der Waals surface area contributed by atoms with E-state index in [9.17, 15) is 4.79 Å².